The summed E-state index contributed by atoms with van der Waals surface area (Å²) in [6.07, 6.45) is 0.383. The van der Waals surface area contributed by atoms with Crippen molar-refractivity contribution in [2.75, 3.05) is 0 Å². The first-order chi connectivity index (χ1) is 7.84. The van der Waals surface area contributed by atoms with Gasteiger partial charge in [-0.15, -0.1) is 0 Å². The molecular weight excluding hydrogens is 284 g/mol. The quantitative estimate of drug-likeness (QED) is 0.893. The highest BCUT2D eigenvalue weighted by molar-refractivity contribution is 9.10. The van der Waals surface area contributed by atoms with Crippen molar-refractivity contribution in [3.63, 3.8) is 0 Å². The summed E-state index contributed by atoms with van der Waals surface area (Å²) >= 11 is 3.45. The molecule has 4 heteroatoms. The van der Waals surface area contributed by atoms with Gasteiger partial charge >= 0.3 is 5.97 Å². The van der Waals surface area contributed by atoms with Crippen LogP contribution in [0.3, 0.4) is 0 Å². The van der Waals surface area contributed by atoms with Gasteiger partial charge in [-0.3, -0.25) is 4.79 Å². The monoisotopic (exact) mass is 300 g/mol. The molecule has 0 aliphatic rings. The molecular formula is C13H17BrO3. The van der Waals surface area contributed by atoms with Crippen molar-refractivity contribution in [3.8, 4) is 5.75 Å². The Balaban J connectivity index is 3.21. The highest BCUT2D eigenvalue weighted by Gasteiger charge is 2.16. The van der Waals surface area contributed by atoms with Gasteiger partial charge in [0.2, 0.25) is 0 Å². The summed E-state index contributed by atoms with van der Waals surface area (Å²) < 4.78 is 0.916. The first-order valence-corrected chi connectivity index (χ1v) is 6.36. The van der Waals surface area contributed by atoms with Crippen molar-refractivity contribution < 1.29 is 15.0 Å². The van der Waals surface area contributed by atoms with Crippen LogP contribution in [0.25, 0.3) is 0 Å². The minimum atomic E-state index is -0.852. The number of aromatic hydroxyl groups is 1. The third-order valence-corrected chi connectivity index (χ3v) is 3.69. The van der Waals surface area contributed by atoms with Gasteiger partial charge in [-0.2, -0.15) is 0 Å². The number of hydrogen-bond donors (Lipinski definition) is 2. The smallest absolute Gasteiger partial charge is 0.303 e. The Morgan fingerprint density at radius 1 is 1.47 bits per heavy atom. The molecule has 0 atom stereocenters. The minimum Gasteiger partial charge on any atom is -0.507 e. The molecule has 0 bridgehead atoms. The fraction of sp³-hybridized carbons (Fsp3) is 0.462. The van der Waals surface area contributed by atoms with E-state index in [1.165, 1.54) is 0 Å². The number of carbonyl (C=O) groups is 1. The van der Waals surface area contributed by atoms with Crippen LogP contribution in [0.2, 0.25) is 0 Å². The van der Waals surface area contributed by atoms with E-state index >= 15 is 0 Å². The molecule has 0 radical (unpaired) electrons. The second-order valence-electron chi connectivity index (χ2n) is 4.45. The summed E-state index contributed by atoms with van der Waals surface area (Å²) in [5, 5.41) is 18.9. The van der Waals surface area contributed by atoms with Crippen LogP contribution in [0, 0.1) is 6.92 Å². The summed E-state index contributed by atoms with van der Waals surface area (Å²) in [6.45, 7) is 5.88. The van der Waals surface area contributed by atoms with E-state index in [0.29, 0.717) is 6.42 Å². The molecule has 17 heavy (non-hydrogen) atoms. The van der Waals surface area contributed by atoms with E-state index in [4.69, 9.17) is 5.11 Å². The van der Waals surface area contributed by atoms with E-state index in [1.807, 2.05) is 26.8 Å². The fourth-order valence-corrected chi connectivity index (χ4v) is 2.27. The third kappa shape index (κ3) is 3.22. The predicted octanol–water partition coefficient (Wildman–Crippen LogP) is 3.60. The van der Waals surface area contributed by atoms with E-state index in [2.05, 4.69) is 15.9 Å². The van der Waals surface area contributed by atoms with Crippen LogP contribution in [0.1, 0.15) is 42.9 Å². The Hall–Kier alpha value is -1.03. The normalized spacial score (nSPS) is 10.9. The molecule has 2 N–H and O–H groups in total. The van der Waals surface area contributed by atoms with Crippen LogP contribution >= 0.6 is 15.9 Å². The molecule has 1 aromatic rings. The number of carboxylic acid groups (broad SMARTS) is 1. The SMILES string of the molecule is Cc1c(Br)cc(C(C)C)c(O)c1CCC(=O)O. The molecule has 0 fully saturated rings. The lowest BCUT2D eigenvalue weighted by Crippen LogP contribution is -2.02. The molecule has 0 heterocycles. The molecule has 0 aliphatic carbocycles. The van der Waals surface area contributed by atoms with E-state index in [1.54, 1.807) is 0 Å². The van der Waals surface area contributed by atoms with Gasteiger partial charge in [-0.05, 0) is 42.0 Å². The van der Waals surface area contributed by atoms with Gasteiger partial charge < -0.3 is 10.2 Å². The third-order valence-electron chi connectivity index (χ3n) is 2.86. The minimum absolute atomic E-state index is 0.0301. The number of rotatable bonds is 4. The fourth-order valence-electron chi connectivity index (χ4n) is 1.79. The van der Waals surface area contributed by atoms with Gasteiger partial charge in [0, 0.05) is 10.9 Å². The first-order valence-electron chi connectivity index (χ1n) is 5.57. The number of aliphatic carboxylic acids is 1. The van der Waals surface area contributed by atoms with Gasteiger partial charge in [0.25, 0.3) is 0 Å². The molecule has 0 saturated heterocycles. The van der Waals surface area contributed by atoms with Crippen LogP contribution in [0.4, 0.5) is 0 Å². The van der Waals surface area contributed by atoms with E-state index in [0.717, 1.165) is 21.2 Å². The molecule has 1 aromatic carbocycles. The van der Waals surface area contributed by atoms with Gasteiger partial charge in [-0.25, -0.2) is 0 Å². The molecule has 3 nitrogen and oxygen atoms in total. The topological polar surface area (TPSA) is 57.5 Å². The van der Waals surface area contributed by atoms with Crippen molar-refractivity contribution in [2.45, 2.75) is 39.5 Å². The lowest BCUT2D eigenvalue weighted by molar-refractivity contribution is -0.136. The maximum absolute atomic E-state index is 10.6. The number of hydrogen-bond acceptors (Lipinski definition) is 2. The average molecular weight is 301 g/mol. The summed E-state index contributed by atoms with van der Waals surface area (Å²) in [7, 11) is 0. The van der Waals surface area contributed by atoms with Crippen molar-refractivity contribution >= 4 is 21.9 Å². The molecule has 1 rings (SSSR count). The highest BCUT2D eigenvalue weighted by atomic mass is 79.9. The van der Waals surface area contributed by atoms with Crippen LogP contribution in [-0.2, 0) is 11.2 Å². The second kappa shape index (κ2) is 5.54. The molecule has 94 valence electrons. The highest BCUT2D eigenvalue weighted by Crippen LogP contribution is 2.36. The van der Waals surface area contributed by atoms with Crippen molar-refractivity contribution in [1.82, 2.24) is 0 Å². The maximum Gasteiger partial charge on any atom is 0.303 e. The van der Waals surface area contributed by atoms with E-state index in [9.17, 15) is 9.90 Å². The molecule has 0 spiro atoms. The lowest BCUT2D eigenvalue weighted by Gasteiger charge is -2.16. The summed E-state index contributed by atoms with van der Waals surface area (Å²) in [4.78, 5) is 10.6. The van der Waals surface area contributed by atoms with Gasteiger partial charge in [-0.1, -0.05) is 29.8 Å². The van der Waals surface area contributed by atoms with Crippen LogP contribution in [-0.4, -0.2) is 16.2 Å². The standard InChI is InChI=1S/C13H17BrO3/c1-7(2)10-6-11(14)8(3)9(13(10)17)4-5-12(15)16/h6-7,17H,4-5H2,1-3H3,(H,15,16). The van der Waals surface area contributed by atoms with Gasteiger partial charge in [0.1, 0.15) is 5.75 Å². The Labute approximate surface area is 110 Å². The summed E-state index contributed by atoms with van der Waals surface area (Å²) in [6, 6.07) is 1.90. The summed E-state index contributed by atoms with van der Waals surface area (Å²) in [5.74, 6) is -0.410. The van der Waals surface area contributed by atoms with Crippen molar-refractivity contribution in [2.24, 2.45) is 0 Å². The van der Waals surface area contributed by atoms with Crippen molar-refractivity contribution in [1.29, 1.82) is 0 Å². The van der Waals surface area contributed by atoms with Gasteiger partial charge in [0.15, 0.2) is 0 Å². The molecule has 0 saturated carbocycles. The Kier molecular flexibility index (Phi) is 4.57. The number of phenolic OH excluding ortho intramolecular Hbond substituents is 1. The second-order valence-corrected chi connectivity index (χ2v) is 5.30. The predicted molar refractivity (Wildman–Crippen MR) is 70.6 cm³/mol. The van der Waals surface area contributed by atoms with E-state index in [-0.39, 0.29) is 18.1 Å². The van der Waals surface area contributed by atoms with Crippen molar-refractivity contribution in [3.05, 3.63) is 27.2 Å². The number of carboxylic acids is 1. The van der Waals surface area contributed by atoms with Gasteiger partial charge in [0.05, 0.1) is 0 Å². The molecule has 0 aliphatic heterocycles. The largest absolute Gasteiger partial charge is 0.507 e. The lowest BCUT2D eigenvalue weighted by atomic mass is 9.94. The zero-order valence-corrected chi connectivity index (χ0v) is 11.8. The van der Waals surface area contributed by atoms with Crippen LogP contribution < -0.4 is 0 Å². The number of phenols is 1. The average Bonchev–Trinajstić information content (AvgIpc) is 2.22. The van der Waals surface area contributed by atoms with Crippen LogP contribution in [0.5, 0.6) is 5.75 Å². The molecule has 0 amide bonds. The Morgan fingerprint density at radius 2 is 2.06 bits per heavy atom. The summed E-state index contributed by atoms with van der Waals surface area (Å²) in [5.41, 5.74) is 2.49. The van der Waals surface area contributed by atoms with Crippen LogP contribution in [0.15, 0.2) is 10.5 Å². The van der Waals surface area contributed by atoms with E-state index < -0.39 is 5.97 Å². The Morgan fingerprint density at radius 3 is 2.53 bits per heavy atom. The maximum atomic E-state index is 10.6. The number of benzene rings is 1. The zero-order chi connectivity index (χ0) is 13.2. The Bertz CT molecular complexity index is 439. The first kappa shape index (κ1) is 14.0. The zero-order valence-electron chi connectivity index (χ0n) is 10.2. The number of halogens is 1. The molecule has 0 aromatic heterocycles. The molecule has 0 unspecified atom stereocenters.